The summed E-state index contributed by atoms with van der Waals surface area (Å²) in [5, 5.41) is 3.56. The van der Waals surface area contributed by atoms with E-state index in [2.05, 4.69) is 16.9 Å². The fourth-order valence-electron chi connectivity index (χ4n) is 3.63. The molecule has 1 aromatic heterocycles. The number of amides is 2. The van der Waals surface area contributed by atoms with Crippen LogP contribution in [-0.2, 0) is 4.79 Å². The largest absolute Gasteiger partial charge is 0.366 e. The molecule has 0 radical (unpaired) electrons. The summed E-state index contributed by atoms with van der Waals surface area (Å²) >= 11 is 0. The zero-order valence-corrected chi connectivity index (χ0v) is 14.9. The average Bonchev–Trinajstić information content (AvgIpc) is 2.89. The maximum absolute atomic E-state index is 15.0. The van der Waals surface area contributed by atoms with Gasteiger partial charge in [-0.1, -0.05) is 12.7 Å². The summed E-state index contributed by atoms with van der Waals surface area (Å²) in [6.45, 7) is 7.23. The summed E-state index contributed by atoms with van der Waals surface area (Å²) in [5.41, 5.74) is 9.18. The number of hydrogen-bond acceptors (Lipinski definition) is 2. The Labute approximate surface area is 151 Å². The molecule has 4 N–H and O–H groups in total. The van der Waals surface area contributed by atoms with Crippen molar-refractivity contribution in [1.29, 1.82) is 0 Å². The molecule has 0 saturated heterocycles. The molecule has 1 aliphatic carbocycles. The predicted octanol–water partition coefficient (Wildman–Crippen LogP) is 3.26. The molecule has 0 spiro atoms. The van der Waals surface area contributed by atoms with E-state index in [1.165, 1.54) is 12.1 Å². The fraction of sp³-hybridized carbons (Fsp3) is 0.300. The van der Waals surface area contributed by atoms with Gasteiger partial charge in [-0.2, -0.15) is 0 Å². The third-order valence-corrected chi connectivity index (χ3v) is 5.02. The molecule has 2 aromatic rings. The maximum Gasteiger partial charge on any atom is 0.250 e. The van der Waals surface area contributed by atoms with Gasteiger partial charge in [0, 0.05) is 22.7 Å². The molecular weight excluding hydrogens is 333 g/mol. The summed E-state index contributed by atoms with van der Waals surface area (Å²) in [6, 6.07) is 1.12. The topological polar surface area (TPSA) is 88.0 Å². The minimum atomic E-state index is -0.671. The molecule has 1 aliphatic rings. The van der Waals surface area contributed by atoms with Crippen molar-refractivity contribution in [3.8, 4) is 0 Å². The summed E-state index contributed by atoms with van der Waals surface area (Å²) < 4.78 is 15.0. The van der Waals surface area contributed by atoms with E-state index in [9.17, 15) is 9.59 Å². The molecule has 1 atom stereocenters. The van der Waals surface area contributed by atoms with Crippen LogP contribution in [0, 0.1) is 19.7 Å². The molecule has 0 aliphatic heterocycles. The van der Waals surface area contributed by atoms with Crippen LogP contribution in [0.1, 0.15) is 46.4 Å². The highest BCUT2D eigenvalue weighted by atomic mass is 19.1. The molecule has 6 heteroatoms. The second kappa shape index (κ2) is 6.78. The van der Waals surface area contributed by atoms with Crippen molar-refractivity contribution in [1.82, 2.24) is 10.3 Å². The minimum Gasteiger partial charge on any atom is -0.366 e. The number of primary amides is 1. The number of fused-ring (bicyclic) bond motifs is 1. The van der Waals surface area contributed by atoms with Gasteiger partial charge in [0.05, 0.1) is 11.1 Å². The number of carbonyl (C=O) groups is 2. The van der Waals surface area contributed by atoms with Crippen molar-refractivity contribution < 1.29 is 14.0 Å². The first kappa shape index (κ1) is 17.9. The number of benzene rings is 1. The van der Waals surface area contributed by atoms with E-state index in [-0.39, 0.29) is 17.5 Å². The average molecular weight is 355 g/mol. The Hall–Kier alpha value is -2.89. The molecule has 0 bridgehead atoms. The first-order valence-corrected chi connectivity index (χ1v) is 8.57. The molecule has 1 aromatic carbocycles. The number of allylic oxidation sites excluding steroid dienone is 1. The molecule has 2 amide bonds. The number of carbonyl (C=O) groups excluding carboxylic acids is 2. The van der Waals surface area contributed by atoms with Crippen LogP contribution in [0.25, 0.3) is 16.5 Å². The van der Waals surface area contributed by atoms with Crippen molar-refractivity contribution >= 4 is 28.3 Å². The third-order valence-electron chi connectivity index (χ3n) is 5.02. The number of aromatic amines is 1. The monoisotopic (exact) mass is 355 g/mol. The lowest BCUT2D eigenvalue weighted by molar-refractivity contribution is -0.117. The minimum absolute atomic E-state index is 0.0777. The molecule has 0 unspecified atom stereocenters. The molecule has 1 heterocycles. The van der Waals surface area contributed by atoms with Crippen LogP contribution < -0.4 is 11.1 Å². The highest BCUT2D eigenvalue weighted by Gasteiger charge is 2.25. The van der Waals surface area contributed by atoms with Crippen molar-refractivity contribution in [3.63, 3.8) is 0 Å². The Morgan fingerprint density at radius 1 is 1.42 bits per heavy atom. The normalized spacial score (nSPS) is 17.0. The summed E-state index contributed by atoms with van der Waals surface area (Å²) in [5.74, 6) is -1.38. The zero-order chi connectivity index (χ0) is 19.0. The molecule has 3 rings (SSSR count). The second-order valence-corrected chi connectivity index (χ2v) is 6.69. The Balaban J connectivity index is 2.13. The van der Waals surface area contributed by atoms with E-state index in [0.29, 0.717) is 22.9 Å². The van der Waals surface area contributed by atoms with Gasteiger partial charge in [-0.25, -0.2) is 4.39 Å². The number of halogens is 1. The van der Waals surface area contributed by atoms with E-state index in [0.717, 1.165) is 29.7 Å². The number of rotatable bonds is 4. The van der Waals surface area contributed by atoms with Crippen LogP contribution in [0.5, 0.6) is 0 Å². The molecule has 0 fully saturated rings. The van der Waals surface area contributed by atoms with Gasteiger partial charge < -0.3 is 16.0 Å². The van der Waals surface area contributed by atoms with Gasteiger partial charge in [-0.15, -0.1) is 0 Å². The van der Waals surface area contributed by atoms with E-state index < -0.39 is 11.7 Å². The van der Waals surface area contributed by atoms with E-state index >= 15 is 4.39 Å². The number of H-pyrrole nitrogens is 1. The van der Waals surface area contributed by atoms with Crippen LogP contribution in [-0.4, -0.2) is 22.8 Å². The lowest BCUT2D eigenvalue weighted by Gasteiger charge is -2.24. The van der Waals surface area contributed by atoms with Crippen LogP contribution in [0.2, 0.25) is 0 Å². The van der Waals surface area contributed by atoms with E-state index in [4.69, 9.17) is 5.73 Å². The molecule has 0 saturated carbocycles. The standard InChI is InChI=1S/C20H22FN3O2/c1-4-16(25)24-13-7-5-6-12(8-13)18-15(21)9-14(20(22)26)19-17(18)10(2)11(3)23-19/h4,6,9,13,23H,1,5,7-8H2,2-3H3,(H2,22,26)(H,24,25)/t13-/m0/s1. The zero-order valence-electron chi connectivity index (χ0n) is 14.9. The highest BCUT2D eigenvalue weighted by molar-refractivity contribution is 6.09. The van der Waals surface area contributed by atoms with Gasteiger partial charge >= 0.3 is 0 Å². The van der Waals surface area contributed by atoms with E-state index in [1.54, 1.807) is 0 Å². The van der Waals surface area contributed by atoms with Gasteiger partial charge in [0.15, 0.2) is 0 Å². The van der Waals surface area contributed by atoms with Crippen LogP contribution in [0.3, 0.4) is 0 Å². The predicted molar refractivity (Wildman–Crippen MR) is 100 cm³/mol. The maximum atomic E-state index is 15.0. The van der Waals surface area contributed by atoms with Gasteiger partial charge in [0.2, 0.25) is 5.91 Å². The summed E-state index contributed by atoms with van der Waals surface area (Å²) in [4.78, 5) is 26.5. The van der Waals surface area contributed by atoms with Gasteiger partial charge in [-0.3, -0.25) is 9.59 Å². The van der Waals surface area contributed by atoms with Crippen LogP contribution >= 0.6 is 0 Å². The number of hydrogen-bond donors (Lipinski definition) is 3. The number of aryl methyl sites for hydroxylation is 2. The smallest absolute Gasteiger partial charge is 0.250 e. The first-order chi connectivity index (χ1) is 12.3. The quantitative estimate of drug-likeness (QED) is 0.735. The number of aromatic nitrogens is 1. The number of nitrogens with one attached hydrogen (secondary N) is 2. The van der Waals surface area contributed by atoms with Gasteiger partial charge in [-0.05, 0) is 56.4 Å². The first-order valence-electron chi connectivity index (χ1n) is 8.57. The second-order valence-electron chi connectivity index (χ2n) is 6.69. The Kier molecular flexibility index (Phi) is 4.68. The highest BCUT2D eigenvalue weighted by Crippen LogP contribution is 2.37. The van der Waals surface area contributed by atoms with Crippen LogP contribution in [0.4, 0.5) is 4.39 Å². The summed E-state index contributed by atoms with van der Waals surface area (Å²) in [6.07, 6.45) is 5.28. The van der Waals surface area contributed by atoms with Crippen molar-refractivity contribution in [2.24, 2.45) is 5.73 Å². The molecule has 26 heavy (non-hydrogen) atoms. The molecule has 136 valence electrons. The SMILES string of the molecule is C=CC(=O)N[C@H]1CCC=C(c2c(F)cc(C(N)=O)c3[nH]c(C)c(C)c23)C1. The van der Waals surface area contributed by atoms with Crippen molar-refractivity contribution in [2.75, 3.05) is 0 Å². The van der Waals surface area contributed by atoms with Crippen molar-refractivity contribution in [3.05, 3.63) is 53.0 Å². The van der Waals surface area contributed by atoms with E-state index in [1.807, 2.05) is 19.9 Å². The Morgan fingerprint density at radius 3 is 2.81 bits per heavy atom. The number of nitrogens with two attached hydrogens (primary N) is 1. The molecular formula is C20H22FN3O2. The fourth-order valence-corrected chi connectivity index (χ4v) is 3.63. The van der Waals surface area contributed by atoms with Gasteiger partial charge in [0.1, 0.15) is 5.82 Å². The lowest BCUT2D eigenvalue weighted by Crippen LogP contribution is -2.34. The van der Waals surface area contributed by atoms with Crippen molar-refractivity contribution in [2.45, 2.75) is 39.2 Å². The molecule has 5 nitrogen and oxygen atoms in total. The Morgan fingerprint density at radius 2 is 2.15 bits per heavy atom. The van der Waals surface area contributed by atoms with Gasteiger partial charge in [0.25, 0.3) is 5.91 Å². The lowest BCUT2D eigenvalue weighted by atomic mass is 9.86. The Bertz CT molecular complexity index is 956. The van der Waals surface area contributed by atoms with Crippen LogP contribution in [0.15, 0.2) is 24.8 Å². The summed E-state index contributed by atoms with van der Waals surface area (Å²) in [7, 11) is 0. The third kappa shape index (κ3) is 3.03.